The Bertz CT molecular complexity index is 1530. The van der Waals surface area contributed by atoms with E-state index in [9.17, 15) is 5.11 Å². The topological polar surface area (TPSA) is 108 Å². The van der Waals surface area contributed by atoms with Gasteiger partial charge in [0.1, 0.15) is 11.5 Å². The summed E-state index contributed by atoms with van der Waals surface area (Å²) < 4.78 is 32.0. The van der Waals surface area contributed by atoms with Crippen molar-refractivity contribution in [1.29, 1.82) is 0 Å². The number of nitrogens with one attached hydrogen (secondary N) is 2. The minimum absolute atomic E-state index is 0.129. The Morgan fingerprint density at radius 3 is 2.45 bits per heavy atom. The normalized spacial score (nSPS) is 15.5. The summed E-state index contributed by atoms with van der Waals surface area (Å²) in [5.41, 5.74) is 2.16. The second kappa shape index (κ2) is 10.2. The molecule has 2 fully saturated rings. The molecule has 2 saturated carbocycles. The van der Waals surface area contributed by atoms with E-state index >= 15 is 8.78 Å². The smallest absolute Gasteiger partial charge is 0.232 e. The number of H-pyrrole nitrogens is 1. The molecule has 0 atom stereocenters. The summed E-state index contributed by atoms with van der Waals surface area (Å²) in [6, 6.07) is 4.60. The number of aromatic nitrogens is 6. The molecule has 12 heteroatoms. The van der Waals surface area contributed by atoms with E-state index in [0.29, 0.717) is 34.7 Å². The standard InChI is InChI=1S/C28H32F2N8OS/c1-28(2,39)14-38-13-17(12-31-38)24-23(16-7-8-16)26(32-22-11-21(35-36-22)15-5-6-15)34-27(33-24)37(3)25-19(29)9-18(40-4)10-20(25)30/h9-13,15-16,39H,5-8,14H2,1-4H3,(H2,32,33,34,35,36). The van der Waals surface area contributed by atoms with Crippen molar-refractivity contribution >= 4 is 35.0 Å². The second-order valence-corrected chi connectivity index (χ2v) is 12.1. The fraction of sp³-hybridized carbons (Fsp3) is 0.429. The van der Waals surface area contributed by atoms with Gasteiger partial charge in [-0.15, -0.1) is 11.8 Å². The van der Waals surface area contributed by atoms with Gasteiger partial charge in [0.2, 0.25) is 5.95 Å². The highest BCUT2D eigenvalue weighted by molar-refractivity contribution is 7.98. The van der Waals surface area contributed by atoms with Crippen molar-refractivity contribution in [2.45, 2.75) is 68.4 Å². The van der Waals surface area contributed by atoms with E-state index in [1.54, 1.807) is 38.0 Å². The van der Waals surface area contributed by atoms with Crippen molar-refractivity contribution in [3.8, 4) is 11.3 Å². The summed E-state index contributed by atoms with van der Waals surface area (Å²) in [6.07, 6.45) is 9.53. The average molecular weight is 567 g/mol. The molecule has 9 nitrogen and oxygen atoms in total. The zero-order chi connectivity index (χ0) is 28.2. The predicted molar refractivity (Wildman–Crippen MR) is 152 cm³/mol. The number of benzene rings is 1. The Labute approximate surface area is 235 Å². The van der Waals surface area contributed by atoms with Crippen LogP contribution in [-0.2, 0) is 6.54 Å². The number of aromatic amines is 1. The van der Waals surface area contributed by atoms with Gasteiger partial charge in [0.15, 0.2) is 17.5 Å². The zero-order valence-electron chi connectivity index (χ0n) is 22.9. The van der Waals surface area contributed by atoms with E-state index in [0.717, 1.165) is 42.5 Å². The molecular formula is C28H32F2N8OS. The highest BCUT2D eigenvalue weighted by Gasteiger charge is 2.34. The Morgan fingerprint density at radius 1 is 1.12 bits per heavy atom. The lowest BCUT2D eigenvalue weighted by atomic mass is 10.1. The van der Waals surface area contributed by atoms with Crippen LogP contribution in [0.2, 0.25) is 0 Å². The van der Waals surface area contributed by atoms with Crippen LogP contribution in [-0.4, -0.2) is 54.0 Å². The Kier molecular flexibility index (Phi) is 6.78. The average Bonchev–Trinajstić information content (AvgIpc) is 3.82. The van der Waals surface area contributed by atoms with Crippen LogP contribution in [0.15, 0.2) is 35.5 Å². The third kappa shape index (κ3) is 5.55. The lowest BCUT2D eigenvalue weighted by Gasteiger charge is -2.22. The molecule has 0 radical (unpaired) electrons. The number of hydrogen-bond acceptors (Lipinski definition) is 8. The number of anilines is 4. The van der Waals surface area contributed by atoms with Gasteiger partial charge in [-0.05, 0) is 63.8 Å². The van der Waals surface area contributed by atoms with Crippen LogP contribution in [0.25, 0.3) is 11.3 Å². The quantitative estimate of drug-likeness (QED) is 0.198. The molecule has 40 heavy (non-hydrogen) atoms. The van der Waals surface area contributed by atoms with Crippen LogP contribution in [0.3, 0.4) is 0 Å². The van der Waals surface area contributed by atoms with E-state index in [1.807, 2.05) is 12.3 Å². The molecule has 2 aliphatic carbocycles. The molecule has 0 aliphatic heterocycles. The maximum absolute atomic E-state index is 15.2. The van der Waals surface area contributed by atoms with Crippen LogP contribution >= 0.6 is 11.8 Å². The maximum Gasteiger partial charge on any atom is 0.232 e. The van der Waals surface area contributed by atoms with E-state index in [-0.39, 0.29) is 17.6 Å². The van der Waals surface area contributed by atoms with Crippen LogP contribution in [0.4, 0.5) is 32.1 Å². The number of hydrogen-bond donors (Lipinski definition) is 3. The van der Waals surface area contributed by atoms with Gasteiger partial charge in [-0.2, -0.15) is 15.2 Å². The van der Waals surface area contributed by atoms with Gasteiger partial charge in [0.05, 0.1) is 24.0 Å². The van der Waals surface area contributed by atoms with Crippen molar-refractivity contribution in [3.05, 3.63) is 53.5 Å². The summed E-state index contributed by atoms with van der Waals surface area (Å²) in [4.78, 5) is 11.5. The summed E-state index contributed by atoms with van der Waals surface area (Å²) >= 11 is 1.27. The molecule has 3 aromatic heterocycles. The summed E-state index contributed by atoms with van der Waals surface area (Å²) in [5.74, 6) is 0.636. The molecule has 2 aliphatic rings. The Hall–Kier alpha value is -3.51. The Balaban J connectivity index is 1.47. The number of halogens is 2. The van der Waals surface area contributed by atoms with Crippen molar-refractivity contribution < 1.29 is 13.9 Å². The molecule has 3 heterocycles. The molecule has 6 rings (SSSR count). The first-order chi connectivity index (χ1) is 19.1. The van der Waals surface area contributed by atoms with Crippen LogP contribution in [0.5, 0.6) is 0 Å². The molecule has 0 bridgehead atoms. The fourth-order valence-electron chi connectivity index (χ4n) is 4.86. The maximum atomic E-state index is 15.2. The molecule has 1 aromatic carbocycles. The zero-order valence-corrected chi connectivity index (χ0v) is 23.7. The highest BCUT2D eigenvalue weighted by Crippen LogP contribution is 2.48. The van der Waals surface area contributed by atoms with Gasteiger partial charge >= 0.3 is 0 Å². The van der Waals surface area contributed by atoms with Gasteiger partial charge in [0, 0.05) is 46.9 Å². The number of aliphatic hydroxyl groups is 1. The van der Waals surface area contributed by atoms with Crippen LogP contribution in [0.1, 0.15) is 62.6 Å². The van der Waals surface area contributed by atoms with Gasteiger partial charge < -0.3 is 15.3 Å². The summed E-state index contributed by atoms with van der Waals surface area (Å²) in [6.45, 7) is 3.73. The van der Waals surface area contributed by atoms with E-state index < -0.39 is 17.2 Å². The third-order valence-corrected chi connectivity index (χ3v) is 7.81. The first-order valence-electron chi connectivity index (χ1n) is 13.4. The second-order valence-electron chi connectivity index (χ2n) is 11.3. The minimum Gasteiger partial charge on any atom is -0.389 e. The van der Waals surface area contributed by atoms with Crippen molar-refractivity contribution in [3.63, 3.8) is 0 Å². The van der Waals surface area contributed by atoms with Crippen molar-refractivity contribution in [1.82, 2.24) is 29.9 Å². The molecule has 3 N–H and O–H groups in total. The fourth-order valence-corrected chi connectivity index (χ4v) is 5.30. The summed E-state index contributed by atoms with van der Waals surface area (Å²) in [5, 5.41) is 25.7. The lowest BCUT2D eigenvalue weighted by Crippen LogP contribution is -2.26. The molecular weight excluding hydrogens is 534 g/mol. The first kappa shape index (κ1) is 26.7. The minimum atomic E-state index is -0.955. The number of nitrogens with zero attached hydrogens (tertiary/aromatic N) is 6. The number of thioether (sulfide) groups is 1. The van der Waals surface area contributed by atoms with Crippen LogP contribution < -0.4 is 10.2 Å². The van der Waals surface area contributed by atoms with E-state index in [2.05, 4.69) is 20.6 Å². The summed E-state index contributed by atoms with van der Waals surface area (Å²) in [7, 11) is 1.55. The molecule has 0 amide bonds. The number of rotatable bonds is 10. The van der Waals surface area contributed by atoms with E-state index in [1.165, 1.54) is 28.8 Å². The van der Waals surface area contributed by atoms with Crippen molar-refractivity contribution in [2.75, 3.05) is 23.5 Å². The largest absolute Gasteiger partial charge is 0.389 e. The molecule has 4 aromatic rings. The first-order valence-corrected chi connectivity index (χ1v) is 14.6. The van der Waals surface area contributed by atoms with Crippen LogP contribution in [0, 0.1) is 11.6 Å². The van der Waals surface area contributed by atoms with Gasteiger partial charge in [-0.25, -0.2) is 13.8 Å². The molecule has 0 unspecified atom stereocenters. The van der Waals surface area contributed by atoms with Gasteiger partial charge in [0.25, 0.3) is 0 Å². The van der Waals surface area contributed by atoms with Crippen molar-refractivity contribution in [2.24, 2.45) is 0 Å². The molecule has 0 spiro atoms. The van der Waals surface area contributed by atoms with Gasteiger partial charge in [-0.3, -0.25) is 9.78 Å². The predicted octanol–water partition coefficient (Wildman–Crippen LogP) is 6.10. The SMILES string of the molecule is CSc1cc(F)c(N(C)c2nc(Nc3cc(C4CC4)[nH]n3)c(C3CC3)c(-c3cnn(CC(C)(C)O)c3)n2)c(F)c1. The third-order valence-electron chi connectivity index (χ3n) is 7.10. The molecule has 210 valence electrons. The Morgan fingerprint density at radius 2 is 1.82 bits per heavy atom. The highest BCUT2D eigenvalue weighted by atomic mass is 32.2. The lowest BCUT2D eigenvalue weighted by molar-refractivity contribution is 0.0577. The molecule has 0 saturated heterocycles. The van der Waals surface area contributed by atoms with Gasteiger partial charge in [-0.1, -0.05) is 0 Å². The monoisotopic (exact) mass is 566 g/mol. The van der Waals surface area contributed by atoms with E-state index in [4.69, 9.17) is 9.97 Å².